The molecular weight excluding hydrogens is 569 g/mol. The fourth-order valence-electron chi connectivity index (χ4n) is 6.01. The molecule has 2 atom stereocenters. The maximum Gasteiger partial charge on any atom is 0.501 e. The molecule has 0 spiro atoms. The van der Waals surface area contributed by atoms with E-state index in [2.05, 4.69) is 25.7 Å². The van der Waals surface area contributed by atoms with Crippen LogP contribution in [0.15, 0.2) is 59.5 Å². The second kappa shape index (κ2) is 12.2. The number of hydrogen-bond acceptors (Lipinski definition) is 5. The molecule has 3 amide bonds. The van der Waals surface area contributed by atoms with Gasteiger partial charge in [-0.3, -0.25) is 9.69 Å². The summed E-state index contributed by atoms with van der Waals surface area (Å²) in [6, 6.07) is 13.5. The van der Waals surface area contributed by atoms with Crippen LogP contribution >= 0.6 is 0 Å². The molecule has 2 N–H and O–H groups in total. The number of amides is 3. The number of benzene rings is 2. The molecule has 42 heavy (non-hydrogen) atoms. The second-order valence-electron chi connectivity index (χ2n) is 12.3. The van der Waals surface area contributed by atoms with Gasteiger partial charge in [-0.15, -0.1) is 0 Å². The van der Waals surface area contributed by atoms with Crippen LogP contribution in [0.25, 0.3) is 0 Å². The summed E-state index contributed by atoms with van der Waals surface area (Å²) in [5.41, 5.74) is 1.33. The van der Waals surface area contributed by atoms with E-state index in [-0.39, 0.29) is 29.3 Å². The minimum Gasteiger partial charge on any atom is -0.351 e. The summed E-state index contributed by atoms with van der Waals surface area (Å²) in [4.78, 5) is 30.1. The molecule has 2 aliphatic rings. The van der Waals surface area contributed by atoms with Crippen molar-refractivity contribution in [3.05, 3.63) is 65.7 Å². The molecule has 0 bridgehead atoms. The number of piperazine rings is 1. The molecule has 2 saturated heterocycles. The molecule has 2 aromatic carbocycles. The molecule has 0 saturated carbocycles. The van der Waals surface area contributed by atoms with Crippen molar-refractivity contribution >= 4 is 21.8 Å². The summed E-state index contributed by atoms with van der Waals surface area (Å²) < 4.78 is 63.3. The zero-order chi connectivity index (χ0) is 30.9. The maximum absolute atomic E-state index is 13.6. The topological polar surface area (TPSA) is 104 Å². The number of alkyl halides is 3. The first-order valence-corrected chi connectivity index (χ1v) is 15.6. The lowest BCUT2D eigenvalue weighted by Gasteiger charge is -2.50. The van der Waals surface area contributed by atoms with Gasteiger partial charge in [0.1, 0.15) is 0 Å². The van der Waals surface area contributed by atoms with Crippen LogP contribution in [0.5, 0.6) is 0 Å². The minimum absolute atomic E-state index is 0.0741. The molecule has 0 aromatic heterocycles. The molecule has 2 aliphatic heterocycles. The SMILES string of the molecule is CC(C)(C)[C@H]1CN(C(c2ccccc2)c2ccc(S(=O)(=O)C(F)(F)F)cc2)CCN1C(=O)CC1CCN(C(N)=O)CC1. The van der Waals surface area contributed by atoms with Gasteiger partial charge in [0.25, 0.3) is 9.84 Å². The Bertz CT molecular complexity index is 1350. The van der Waals surface area contributed by atoms with Gasteiger partial charge in [0.15, 0.2) is 0 Å². The van der Waals surface area contributed by atoms with Crippen LogP contribution in [0, 0.1) is 11.3 Å². The van der Waals surface area contributed by atoms with Crippen LogP contribution in [0.3, 0.4) is 0 Å². The predicted molar refractivity (Wildman–Crippen MR) is 153 cm³/mol. The predicted octanol–water partition coefficient (Wildman–Crippen LogP) is 4.81. The lowest BCUT2D eigenvalue weighted by Crippen LogP contribution is -2.60. The summed E-state index contributed by atoms with van der Waals surface area (Å²) in [6.07, 6.45) is 1.85. The summed E-state index contributed by atoms with van der Waals surface area (Å²) in [5, 5.41) is 0. The van der Waals surface area contributed by atoms with Gasteiger partial charge in [-0.1, -0.05) is 63.2 Å². The Hall–Kier alpha value is -3.12. The average Bonchev–Trinajstić information content (AvgIpc) is 2.93. The number of carbonyl (C=O) groups is 2. The standard InChI is InChI=1S/C30H39F3N4O4S/c1-29(2,3)25-20-36(17-18-37(25)26(38)19-21-13-15-35(16-14-21)28(34)39)27(22-7-5-4-6-8-22)23-9-11-24(12-10-23)42(40,41)30(31,32)33/h4-12,21,25,27H,13-20H2,1-3H3,(H2,34,39)/t25-,27?/m1/s1. The molecule has 230 valence electrons. The Labute approximate surface area is 245 Å². The third-order valence-corrected chi connectivity index (χ3v) is 9.91. The van der Waals surface area contributed by atoms with Crippen LogP contribution in [0.2, 0.25) is 0 Å². The van der Waals surface area contributed by atoms with E-state index >= 15 is 0 Å². The molecule has 0 aliphatic carbocycles. The number of nitrogens with zero attached hydrogens (tertiary/aromatic N) is 3. The molecule has 4 rings (SSSR count). The number of urea groups is 1. The number of primary amides is 1. The molecule has 8 nitrogen and oxygen atoms in total. The maximum atomic E-state index is 13.6. The number of nitrogens with two attached hydrogens (primary N) is 1. The molecule has 2 fully saturated rings. The van der Waals surface area contributed by atoms with Crippen LogP contribution < -0.4 is 5.73 Å². The zero-order valence-electron chi connectivity index (χ0n) is 24.2. The van der Waals surface area contributed by atoms with E-state index in [0.29, 0.717) is 44.7 Å². The first-order chi connectivity index (χ1) is 19.6. The van der Waals surface area contributed by atoms with Crippen molar-refractivity contribution in [3.8, 4) is 0 Å². The van der Waals surface area contributed by atoms with E-state index in [1.165, 1.54) is 12.1 Å². The number of sulfone groups is 1. The van der Waals surface area contributed by atoms with Gasteiger partial charge in [0.2, 0.25) is 5.91 Å². The molecule has 12 heteroatoms. The van der Waals surface area contributed by atoms with Crippen molar-refractivity contribution < 1.29 is 31.2 Å². The first-order valence-electron chi connectivity index (χ1n) is 14.1. The fraction of sp³-hybridized carbons (Fsp3) is 0.533. The van der Waals surface area contributed by atoms with Crippen LogP contribution in [-0.4, -0.2) is 79.3 Å². The Morgan fingerprint density at radius 1 is 0.905 bits per heavy atom. The fourth-order valence-corrected chi connectivity index (χ4v) is 6.77. The monoisotopic (exact) mass is 608 g/mol. The van der Waals surface area contributed by atoms with Gasteiger partial charge >= 0.3 is 11.5 Å². The quantitative estimate of drug-likeness (QED) is 0.507. The van der Waals surface area contributed by atoms with E-state index < -0.39 is 26.3 Å². The Morgan fingerprint density at radius 3 is 2.00 bits per heavy atom. The highest BCUT2D eigenvalue weighted by Crippen LogP contribution is 2.37. The second-order valence-corrected chi connectivity index (χ2v) is 14.2. The van der Waals surface area contributed by atoms with E-state index in [1.807, 2.05) is 35.2 Å². The van der Waals surface area contributed by atoms with Crippen LogP contribution in [0.1, 0.15) is 57.2 Å². The van der Waals surface area contributed by atoms with Gasteiger partial charge in [0.05, 0.1) is 10.9 Å². The van der Waals surface area contributed by atoms with Crippen molar-refractivity contribution in [2.45, 2.75) is 62.5 Å². The molecule has 1 unspecified atom stereocenters. The van der Waals surface area contributed by atoms with Crippen molar-refractivity contribution in [1.82, 2.24) is 14.7 Å². The van der Waals surface area contributed by atoms with Crippen molar-refractivity contribution in [2.24, 2.45) is 17.1 Å². The molecule has 2 heterocycles. The van der Waals surface area contributed by atoms with Crippen LogP contribution in [-0.2, 0) is 14.6 Å². The summed E-state index contributed by atoms with van der Waals surface area (Å²) >= 11 is 0. The highest BCUT2D eigenvalue weighted by Gasteiger charge is 2.47. The number of halogens is 3. The van der Waals surface area contributed by atoms with Gasteiger partial charge in [-0.2, -0.15) is 13.2 Å². The number of likely N-dealkylation sites (tertiary alicyclic amines) is 1. The van der Waals surface area contributed by atoms with Crippen molar-refractivity contribution in [2.75, 3.05) is 32.7 Å². The van der Waals surface area contributed by atoms with Gasteiger partial charge in [0, 0.05) is 45.2 Å². The van der Waals surface area contributed by atoms with E-state index in [1.54, 1.807) is 4.90 Å². The lowest BCUT2D eigenvalue weighted by molar-refractivity contribution is -0.141. The van der Waals surface area contributed by atoms with E-state index in [0.717, 1.165) is 30.5 Å². The Kier molecular flexibility index (Phi) is 9.27. The van der Waals surface area contributed by atoms with Crippen molar-refractivity contribution in [3.63, 3.8) is 0 Å². The number of hydrogen-bond donors (Lipinski definition) is 1. The lowest BCUT2D eigenvalue weighted by atomic mass is 9.82. The number of rotatable bonds is 6. The Balaban J connectivity index is 1.57. The highest BCUT2D eigenvalue weighted by molar-refractivity contribution is 7.92. The first kappa shape index (κ1) is 31.8. The zero-order valence-corrected chi connectivity index (χ0v) is 25.0. The molecular formula is C30H39F3N4O4S. The Morgan fingerprint density at radius 2 is 1.48 bits per heavy atom. The van der Waals surface area contributed by atoms with E-state index in [4.69, 9.17) is 5.73 Å². The molecule has 0 radical (unpaired) electrons. The number of carbonyl (C=O) groups excluding carboxylic acids is 2. The van der Waals surface area contributed by atoms with Gasteiger partial charge < -0.3 is 15.5 Å². The van der Waals surface area contributed by atoms with Gasteiger partial charge in [-0.25, -0.2) is 13.2 Å². The third kappa shape index (κ3) is 6.91. The summed E-state index contributed by atoms with van der Waals surface area (Å²) in [7, 11) is -5.46. The minimum atomic E-state index is -5.46. The van der Waals surface area contributed by atoms with E-state index in [9.17, 15) is 31.2 Å². The smallest absolute Gasteiger partial charge is 0.351 e. The average molecular weight is 609 g/mol. The number of piperidine rings is 1. The molecule has 2 aromatic rings. The third-order valence-electron chi connectivity index (χ3n) is 8.41. The highest BCUT2D eigenvalue weighted by atomic mass is 32.2. The van der Waals surface area contributed by atoms with Gasteiger partial charge in [-0.05, 0) is 47.4 Å². The normalized spacial score (nSPS) is 20.4. The van der Waals surface area contributed by atoms with Crippen molar-refractivity contribution in [1.29, 1.82) is 0 Å². The summed E-state index contributed by atoms with van der Waals surface area (Å²) in [6.45, 7) is 8.88. The summed E-state index contributed by atoms with van der Waals surface area (Å²) in [5.74, 6) is 0.250. The van der Waals surface area contributed by atoms with Crippen LogP contribution in [0.4, 0.5) is 18.0 Å². The largest absolute Gasteiger partial charge is 0.501 e.